The van der Waals surface area contributed by atoms with E-state index in [1.165, 1.54) is 19.8 Å². The molecule has 4 rings (SSSR count). The van der Waals surface area contributed by atoms with Crippen molar-refractivity contribution >= 4 is 26.8 Å². The first kappa shape index (κ1) is 21.3. The molecule has 2 aliphatic rings. The Labute approximate surface area is 179 Å². The maximum atomic E-state index is 13.3. The van der Waals surface area contributed by atoms with E-state index in [-0.39, 0.29) is 11.3 Å². The Morgan fingerprint density at radius 2 is 1.80 bits per heavy atom. The number of fused-ring (bicyclic) bond motifs is 1. The normalized spacial score (nSPS) is 18.9. The molecule has 0 bridgehead atoms. The molecular formula is C23H33N3O3S. The number of likely N-dealkylation sites (tertiary alicyclic amines) is 1. The van der Waals surface area contributed by atoms with Crippen LogP contribution in [0.5, 0.6) is 0 Å². The highest BCUT2D eigenvalue weighted by Crippen LogP contribution is 2.34. The summed E-state index contributed by atoms with van der Waals surface area (Å²) in [6, 6.07) is 5.45. The molecule has 0 N–H and O–H groups in total. The number of piperidine rings is 1. The highest BCUT2D eigenvalue weighted by Gasteiger charge is 2.33. The van der Waals surface area contributed by atoms with Crippen LogP contribution in [0.15, 0.2) is 23.1 Å². The summed E-state index contributed by atoms with van der Waals surface area (Å²) in [5, 5.41) is -0.437. The SMILES string of the molecule is CC(=O)N1CCC(S(=O)(=O)c2ccc3c(c2)nc(CC(C)(C)C)n3CC2CC2)CC1. The van der Waals surface area contributed by atoms with Gasteiger partial charge in [-0.05, 0) is 55.2 Å². The molecular weight excluding hydrogens is 398 g/mol. The van der Waals surface area contributed by atoms with Crippen LogP contribution in [0, 0.1) is 11.3 Å². The van der Waals surface area contributed by atoms with Gasteiger partial charge in [-0.1, -0.05) is 20.8 Å². The Morgan fingerprint density at radius 1 is 1.13 bits per heavy atom. The van der Waals surface area contributed by atoms with E-state index in [1.54, 1.807) is 17.0 Å². The smallest absolute Gasteiger partial charge is 0.219 e. The van der Waals surface area contributed by atoms with E-state index in [1.807, 2.05) is 6.07 Å². The van der Waals surface area contributed by atoms with Crippen LogP contribution < -0.4 is 0 Å². The lowest BCUT2D eigenvalue weighted by atomic mass is 9.92. The van der Waals surface area contributed by atoms with Crippen LogP contribution in [-0.4, -0.2) is 47.1 Å². The number of carbonyl (C=O) groups is 1. The number of rotatable bonds is 5. The van der Waals surface area contributed by atoms with E-state index in [0.29, 0.717) is 30.8 Å². The van der Waals surface area contributed by atoms with Gasteiger partial charge in [0.2, 0.25) is 5.91 Å². The third kappa shape index (κ3) is 4.41. The van der Waals surface area contributed by atoms with Crippen molar-refractivity contribution in [2.45, 2.75) is 76.5 Å². The molecule has 7 heteroatoms. The van der Waals surface area contributed by atoms with Gasteiger partial charge < -0.3 is 9.47 Å². The van der Waals surface area contributed by atoms with Gasteiger partial charge in [0.05, 0.1) is 21.2 Å². The topological polar surface area (TPSA) is 72.3 Å². The predicted octanol–water partition coefficient (Wildman–Crippen LogP) is 3.82. The summed E-state index contributed by atoms with van der Waals surface area (Å²) in [6.45, 7) is 10.1. The van der Waals surface area contributed by atoms with Crippen molar-refractivity contribution < 1.29 is 13.2 Å². The molecule has 2 aromatic rings. The maximum absolute atomic E-state index is 13.3. The van der Waals surface area contributed by atoms with Crippen LogP contribution in [0.2, 0.25) is 0 Å². The minimum Gasteiger partial charge on any atom is -0.343 e. The number of imidazole rings is 1. The first-order valence-corrected chi connectivity index (χ1v) is 12.6. The summed E-state index contributed by atoms with van der Waals surface area (Å²) in [5.41, 5.74) is 1.92. The monoisotopic (exact) mass is 431 g/mol. The number of aromatic nitrogens is 2. The Bertz CT molecular complexity index is 1050. The highest BCUT2D eigenvalue weighted by atomic mass is 32.2. The van der Waals surface area contributed by atoms with Crippen LogP contribution >= 0.6 is 0 Å². The average molecular weight is 432 g/mol. The Kier molecular flexibility index (Phi) is 5.45. The molecule has 0 spiro atoms. The molecule has 1 aromatic carbocycles. The third-order valence-electron chi connectivity index (χ3n) is 6.28. The zero-order valence-electron chi connectivity index (χ0n) is 18.5. The maximum Gasteiger partial charge on any atom is 0.219 e. The van der Waals surface area contributed by atoms with Gasteiger partial charge in [0, 0.05) is 33.0 Å². The fourth-order valence-electron chi connectivity index (χ4n) is 4.38. The molecule has 30 heavy (non-hydrogen) atoms. The molecule has 1 aliphatic heterocycles. The standard InChI is InChI=1S/C23H33N3O3S/c1-16(27)25-11-9-18(10-12-25)30(28,29)19-7-8-21-20(13-19)24-22(14-23(2,3)4)26(21)15-17-5-6-17/h7-8,13,17-18H,5-6,9-12,14-15H2,1-4H3. The third-order valence-corrected chi connectivity index (χ3v) is 8.54. The van der Waals surface area contributed by atoms with Crippen molar-refractivity contribution in [1.82, 2.24) is 14.5 Å². The average Bonchev–Trinajstić information content (AvgIpc) is 3.43. The summed E-state index contributed by atoms with van der Waals surface area (Å²) in [6.07, 6.45) is 4.37. The van der Waals surface area contributed by atoms with E-state index >= 15 is 0 Å². The van der Waals surface area contributed by atoms with Crippen molar-refractivity contribution in [2.75, 3.05) is 13.1 Å². The Morgan fingerprint density at radius 3 is 2.37 bits per heavy atom. The molecule has 0 atom stereocenters. The lowest BCUT2D eigenvalue weighted by Crippen LogP contribution is -2.41. The number of sulfone groups is 1. The van der Waals surface area contributed by atoms with Crippen molar-refractivity contribution in [1.29, 1.82) is 0 Å². The minimum absolute atomic E-state index is 0.0137. The molecule has 2 heterocycles. The molecule has 1 aromatic heterocycles. The molecule has 1 aliphatic carbocycles. The zero-order chi connectivity index (χ0) is 21.7. The van der Waals surface area contributed by atoms with E-state index in [2.05, 4.69) is 25.3 Å². The number of nitrogens with zero attached hydrogens (tertiary/aromatic N) is 3. The summed E-state index contributed by atoms with van der Waals surface area (Å²) in [5.74, 6) is 1.78. The van der Waals surface area contributed by atoms with E-state index in [0.717, 1.165) is 35.7 Å². The van der Waals surface area contributed by atoms with E-state index in [4.69, 9.17) is 4.98 Å². The fourth-order valence-corrected chi connectivity index (χ4v) is 6.13. The van der Waals surface area contributed by atoms with Gasteiger partial charge in [-0.15, -0.1) is 0 Å². The number of benzene rings is 1. The number of hydrogen-bond acceptors (Lipinski definition) is 4. The second-order valence-electron chi connectivity index (χ2n) is 10.2. The second-order valence-corrected chi connectivity index (χ2v) is 12.4. The van der Waals surface area contributed by atoms with Gasteiger partial charge in [-0.25, -0.2) is 13.4 Å². The second kappa shape index (κ2) is 7.66. The van der Waals surface area contributed by atoms with Crippen molar-refractivity contribution in [3.63, 3.8) is 0 Å². The first-order chi connectivity index (χ1) is 14.0. The fraction of sp³-hybridized carbons (Fsp3) is 0.652. The van der Waals surface area contributed by atoms with Crippen LogP contribution in [0.25, 0.3) is 11.0 Å². The largest absolute Gasteiger partial charge is 0.343 e. The molecule has 164 valence electrons. The molecule has 6 nitrogen and oxygen atoms in total. The summed E-state index contributed by atoms with van der Waals surface area (Å²) >= 11 is 0. The molecule has 0 radical (unpaired) electrons. The molecule has 1 saturated heterocycles. The van der Waals surface area contributed by atoms with Gasteiger partial charge in [-0.3, -0.25) is 4.79 Å². The molecule has 0 unspecified atom stereocenters. The van der Waals surface area contributed by atoms with Crippen molar-refractivity contribution in [2.24, 2.45) is 11.3 Å². The van der Waals surface area contributed by atoms with Gasteiger partial charge in [0.1, 0.15) is 5.82 Å². The highest BCUT2D eigenvalue weighted by molar-refractivity contribution is 7.92. The Hall–Kier alpha value is -1.89. The van der Waals surface area contributed by atoms with Crippen LogP contribution in [0.3, 0.4) is 0 Å². The van der Waals surface area contributed by atoms with Crippen LogP contribution in [0.1, 0.15) is 59.2 Å². The van der Waals surface area contributed by atoms with Gasteiger partial charge in [0.15, 0.2) is 9.84 Å². The summed E-state index contributed by atoms with van der Waals surface area (Å²) in [7, 11) is -3.44. The number of amides is 1. The lowest BCUT2D eigenvalue weighted by molar-refractivity contribution is -0.129. The van der Waals surface area contributed by atoms with Crippen LogP contribution in [-0.2, 0) is 27.6 Å². The zero-order valence-corrected chi connectivity index (χ0v) is 19.3. The van der Waals surface area contributed by atoms with E-state index < -0.39 is 15.1 Å². The quantitative estimate of drug-likeness (QED) is 0.721. The van der Waals surface area contributed by atoms with Crippen molar-refractivity contribution in [3.8, 4) is 0 Å². The minimum atomic E-state index is -3.44. The summed E-state index contributed by atoms with van der Waals surface area (Å²) in [4.78, 5) is 18.5. The van der Waals surface area contributed by atoms with Gasteiger partial charge in [-0.2, -0.15) is 0 Å². The first-order valence-electron chi connectivity index (χ1n) is 11.0. The molecule has 1 amide bonds. The predicted molar refractivity (Wildman–Crippen MR) is 118 cm³/mol. The lowest BCUT2D eigenvalue weighted by Gasteiger charge is -2.31. The van der Waals surface area contributed by atoms with E-state index in [9.17, 15) is 13.2 Å². The van der Waals surface area contributed by atoms with Gasteiger partial charge >= 0.3 is 0 Å². The number of hydrogen-bond donors (Lipinski definition) is 0. The summed E-state index contributed by atoms with van der Waals surface area (Å²) < 4.78 is 28.9. The number of carbonyl (C=O) groups excluding carboxylic acids is 1. The Balaban J connectivity index is 1.65. The molecule has 1 saturated carbocycles. The van der Waals surface area contributed by atoms with Crippen LogP contribution in [0.4, 0.5) is 0 Å². The molecule has 2 fully saturated rings. The van der Waals surface area contributed by atoms with Gasteiger partial charge in [0.25, 0.3) is 0 Å². The van der Waals surface area contributed by atoms with Crippen molar-refractivity contribution in [3.05, 3.63) is 24.0 Å².